The number of halogens is 2. The number of benzene rings is 1. The first-order valence-corrected chi connectivity index (χ1v) is 6.84. The maximum atomic E-state index is 13.6. The molecule has 1 aliphatic heterocycles. The first-order valence-electron chi connectivity index (χ1n) is 6.84. The summed E-state index contributed by atoms with van der Waals surface area (Å²) < 4.78 is 32.0. The van der Waals surface area contributed by atoms with Crippen molar-refractivity contribution in [2.75, 3.05) is 13.1 Å². The number of aromatic nitrogens is 1. The van der Waals surface area contributed by atoms with Gasteiger partial charge in [0.05, 0.1) is 18.7 Å². The van der Waals surface area contributed by atoms with Crippen LogP contribution in [0.15, 0.2) is 36.5 Å². The van der Waals surface area contributed by atoms with E-state index in [1.54, 1.807) is 12.1 Å². The van der Waals surface area contributed by atoms with E-state index in [0.29, 0.717) is 11.6 Å². The van der Waals surface area contributed by atoms with Gasteiger partial charge in [-0.1, -0.05) is 0 Å². The predicted octanol–water partition coefficient (Wildman–Crippen LogP) is 2.13. The number of likely N-dealkylation sites (tertiary alicyclic amines) is 1. The summed E-state index contributed by atoms with van der Waals surface area (Å²) in [5, 5.41) is 8.96. The Bertz CT molecular complexity index is 798. The number of carbonyl (C=O) groups is 1. The second kappa shape index (κ2) is 6.01. The SMILES string of the molecule is N#Cc1cccnc1OC1CN(C(=O)c2ccc(F)cc2F)C1. The van der Waals surface area contributed by atoms with Crippen molar-refractivity contribution in [1.29, 1.82) is 5.26 Å². The number of carbonyl (C=O) groups excluding carboxylic acids is 1. The van der Waals surface area contributed by atoms with E-state index in [-0.39, 0.29) is 30.6 Å². The predicted molar refractivity (Wildman–Crippen MR) is 75.6 cm³/mol. The molecule has 1 aromatic heterocycles. The molecule has 0 N–H and O–H groups in total. The molecule has 5 nitrogen and oxygen atoms in total. The summed E-state index contributed by atoms with van der Waals surface area (Å²) in [7, 11) is 0. The average molecular weight is 315 g/mol. The first kappa shape index (κ1) is 14.9. The van der Waals surface area contributed by atoms with E-state index in [2.05, 4.69) is 4.98 Å². The van der Waals surface area contributed by atoms with Crippen LogP contribution < -0.4 is 4.74 Å². The molecule has 7 heteroatoms. The molecule has 2 aromatic rings. The maximum absolute atomic E-state index is 13.6. The Hall–Kier alpha value is -3.01. The smallest absolute Gasteiger partial charge is 0.257 e. The van der Waals surface area contributed by atoms with E-state index in [1.165, 1.54) is 11.1 Å². The Morgan fingerprint density at radius 1 is 1.35 bits per heavy atom. The fraction of sp³-hybridized carbons (Fsp3) is 0.188. The molecule has 0 bridgehead atoms. The van der Waals surface area contributed by atoms with Gasteiger partial charge in [0.2, 0.25) is 5.88 Å². The topological polar surface area (TPSA) is 66.2 Å². The van der Waals surface area contributed by atoms with E-state index in [4.69, 9.17) is 10.00 Å². The van der Waals surface area contributed by atoms with Gasteiger partial charge in [0.1, 0.15) is 29.4 Å². The summed E-state index contributed by atoms with van der Waals surface area (Å²) in [4.78, 5) is 17.5. The molecule has 3 rings (SSSR count). The van der Waals surface area contributed by atoms with Crippen molar-refractivity contribution in [2.24, 2.45) is 0 Å². The van der Waals surface area contributed by atoms with Crippen molar-refractivity contribution in [3.05, 3.63) is 59.3 Å². The molecule has 0 unspecified atom stereocenters. The molecule has 1 fully saturated rings. The summed E-state index contributed by atoms with van der Waals surface area (Å²) in [6.07, 6.45) is 1.19. The first-order chi connectivity index (χ1) is 11.1. The standard InChI is InChI=1S/C16H11F2N3O2/c17-11-3-4-13(14(18)6-11)16(22)21-8-12(9-21)23-15-10(7-19)2-1-5-20-15/h1-6,12H,8-9H2. The lowest BCUT2D eigenvalue weighted by atomic mass is 10.1. The number of amides is 1. The Kier molecular flexibility index (Phi) is 3.89. The van der Waals surface area contributed by atoms with E-state index < -0.39 is 17.5 Å². The van der Waals surface area contributed by atoms with Crippen molar-refractivity contribution >= 4 is 5.91 Å². The molecule has 2 heterocycles. The van der Waals surface area contributed by atoms with Crippen molar-refractivity contribution in [3.8, 4) is 11.9 Å². The highest BCUT2D eigenvalue weighted by Gasteiger charge is 2.34. The Morgan fingerprint density at radius 3 is 2.83 bits per heavy atom. The van der Waals surface area contributed by atoms with E-state index in [9.17, 15) is 13.6 Å². The van der Waals surface area contributed by atoms with E-state index in [0.717, 1.165) is 12.1 Å². The minimum Gasteiger partial charge on any atom is -0.470 e. The fourth-order valence-corrected chi connectivity index (χ4v) is 2.24. The number of ether oxygens (including phenoxy) is 1. The van der Waals surface area contributed by atoms with E-state index in [1.807, 2.05) is 6.07 Å². The number of hydrogen-bond donors (Lipinski definition) is 0. The van der Waals surface area contributed by atoms with E-state index >= 15 is 0 Å². The van der Waals surface area contributed by atoms with Crippen LogP contribution in [-0.2, 0) is 0 Å². The quantitative estimate of drug-likeness (QED) is 0.870. The Morgan fingerprint density at radius 2 is 2.13 bits per heavy atom. The Balaban J connectivity index is 1.63. The summed E-state index contributed by atoms with van der Waals surface area (Å²) in [5.74, 6) is -1.94. The highest BCUT2D eigenvalue weighted by molar-refractivity contribution is 5.95. The van der Waals surface area contributed by atoms with Gasteiger partial charge in [-0.2, -0.15) is 5.26 Å². The summed E-state index contributed by atoms with van der Waals surface area (Å²) in [6, 6.07) is 8.01. The second-order valence-electron chi connectivity index (χ2n) is 5.04. The van der Waals surface area contributed by atoms with Crippen LogP contribution >= 0.6 is 0 Å². The van der Waals surface area contributed by atoms with Crippen molar-refractivity contribution in [2.45, 2.75) is 6.10 Å². The Labute approximate surface area is 130 Å². The van der Waals surface area contributed by atoms with Crippen molar-refractivity contribution in [1.82, 2.24) is 9.88 Å². The third-order valence-corrected chi connectivity index (χ3v) is 3.47. The number of nitriles is 1. The van der Waals surface area contributed by atoms with Crippen LogP contribution in [-0.4, -0.2) is 35.0 Å². The van der Waals surface area contributed by atoms with Gasteiger partial charge in [-0.25, -0.2) is 13.8 Å². The second-order valence-corrected chi connectivity index (χ2v) is 5.04. The van der Waals surface area contributed by atoms with Gasteiger partial charge in [0.15, 0.2) is 0 Å². The van der Waals surface area contributed by atoms with Gasteiger partial charge in [0, 0.05) is 12.3 Å². The molecule has 0 aliphatic carbocycles. The van der Waals surface area contributed by atoms with Gasteiger partial charge in [-0.3, -0.25) is 4.79 Å². The molecule has 0 saturated carbocycles. The largest absolute Gasteiger partial charge is 0.470 e. The van der Waals surface area contributed by atoms with Crippen LogP contribution in [0.4, 0.5) is 8.78 Å². The molecule has 0 atom stereocenters. The molecule has 1 aliphatic rings. The fourth-order valence-electron chi connectivity index (χ4n) is 2.24. The van der Waals surface area contributed by atoms with Gasteiger partial charge in [-0.05, 0) is 24.3 Å². The summed E-state index contributed by atoms with van der Waals surface area (Å²) in [6.45, 7) is 0.494. The lowest BCUT2D eigenvalue weighted by molar-refractivity contribution is 0.0155. The number of rotatable bonds is 3. The van der Waals surface area contributed by atoms with Gasteiger partial charge in [-0.15, -0.1) is 0 Å². The molecular weight excluding hydrogens is 304 g/mol. The van der Waals surface area contributed by atoms with Crippen LogP contribution in [0.3, 0.4) is 0 Å². The molecule has 0 spiro atoms. The van der Waals surface area contributed by atoms with Crippen LogP contribution in [0.1, 0.15) is 15.9 Å². The third kappa shape index (κ3) is 2.97. The molecule has 1 amide bonds. The van der Waals surface area contributed by atoms with Crippen molar-refractivity contribution in [3.63, 3.8) is 0 Å². The molecule has 0 radical (unpaired) electrons. The van der Waals surface area contributed by atoms with Crippen LogP contribution in [0.25, 0.3) is 0 Å². The normalized spacial score (nSPS) is 14.0. The van der Waals surface area contributed by atoms with Crippen LogP contribution in [0.5, 0.6) is 5.88 Å². The lowest BCUT2D eigenvalue weighted by Gasteiger charge is -2.38. The molecule has 1 saturated heterocycles. The lowest BCUT2D eigenvalue weighted by Crippen LogP contribution is -2.56. The van der Waals surface area contributed by atoms with Crippen LogP contribution in [0.2, 0.25) is 0 Å². The van der Waals surface area contributed by atoms with Crippen molar-refractivity contribution < 1.29 is 18.3 Å². The van der Waals surface area contributed by atoms with Gasteiger partial charge < -0.3 is 9.64 Å². The molecular formula is C16H11F2N3O2. The minimum absolute atomic E-state index is 0.180. The number of nitrogens with zero attached hydrogens (tertiary/aromatic N) is 3. The molecule has 23 heavy (non-hydrogen) atoms. The monoisotopic (exact) mass is 315 g/mol. The number of hydrogen-bond acceptors (Lipinski definition) is 4. The highest BCUT2D eigenvalue weighted by Crippen LogP contribution is 2.22. The zero-order valence-corrected chi connectivity index (χ0v) is 11.9. The highest BCUT2D eigenvalue weighted by atomic mass is 19.1. The minimum atomic E-state index is -0.893. The number of pyridine rings is 1. The zero-order valence-electron chi connectivity index (χ0n) is 11.9. The van der Waals surface area contributed by atoms with Gasteiger partial charge in [0.25, 0.3) is 5.91 Å². The summed E-state index contributed by atoms with van der Waals surface area (Å²) >= 11 is 0. The zero-order chi connectivity index (χ0) is 16.4. The molecule has 116 valence electrons. The van der Waals surface area contributed by atoms with Gasteiger partial charge >= 0.3 is 0 Å². The maximum Gasteiger partial charge on any atom is 0.257 e. The molecule has 1 aromatic carbocycles. The third-order valence-electron chi connectivity index (χ3n) is 3.47. The van der Waals surface area contributed by atoms with Crippen LogP contribution in [0, 0.1) is 23.0 Å². The average Bonchev–Trinajstić information content (AvgIpc) is 2.50. The summed E-state index contributed by atoms with van der Waals surface area (Å²) in [5.41, 5.74) is 0.127.